The van der Waals surface area contributed by atoms with Crippen LogP contribution in [0.25, 0.3) is 0 Å². The first-order valence-electron chi connectivity index (χ1n) is 5.05. The molecule has 0 aliphatic heterocycles. The molecule has 0 aliphatic rings. The lowest BCUT2D eigenvalue weighted by Gasteiger charge is -2.06. The van der Waals surface area contributed by atoms with E-state index in [1.165, 1.54) is 11.8 Å². The van der Waals surface area contributed by atoms with Crippen molar-refractivity contribution in [1.29, 1.82) is 0 Å². The first-order valence-corrected chi connectivity index (χ1v) is 6.66. The summed E-state index contributed by atoms with van der Waals surface area (Å²) in [5.41, 5.74) is 1.78. The van der Waals surface area contributed by atoms with Gasteiger partial charge in [-0.15, -0.1) is 0 Å². The lowest BCUT2D eigenvalue weighted by Crippen LogP contribution is -1.88. The van der Waals surface area contributed by atoms with Crippen molar-refractivity contribution in [3.63, 3.8) is 0 Å². The maximum atomic E-state index is 11.0. The zero-order valence-corrected chi connectivity index (χ0v) is 11.6. The second-order valence-electron chi connectivity index (χ2n) is 3.55. The van der Waals surface area contributed by atoms with Gasteiger partial charge in [-0.3, -0.25) is 4.79 Å². The van der Waals surface area contributed by atoms with Crippen LogP contribution in [0.4, 0.5) is 0 Å². The van der Waals surface area contributed by atoms with Gasteiger partial charge in [-0.25, -0.2) is 4.98 Å². The molecule has 0 bridgehead atoms. The largest absolute Gasteiger partial charge is 0.298 e. The van der Waals surface area contributed by atoms with Gasteiger partial charge in [0.25, 0.3) is 0 Å². The number of nitrogens with zero attached hydrogens (tertiary/aromatic N) is 1. The van der Waals surface area contributed by atoms with Gasteiger partial charge in [0, 0.05) is 16.7 Å². The van der Waals surface area contributed by atoms with Crippen molar-refractivity contribution in [1.82, 2.24) is 4.98 Å². The minimum absolute atomic E-state index is 0.701. The Hall–Kier alpha value is -1.13. The first-order chi connectivity index (χ1) is 8.20. The fourth-order valence-electron chi connectivity index (χ4n) is 1.40. The Balaban J connectivity index is 2.36. The highest BCUT2D eigenvalue weighted by Crippen LogP contribution is 2.33. The number of pyridine rings is 1. The summed E-state index contributed by atoms with van der Waals surface area (Å²) in [6, 6.07) is 9.62. The Morgan fingerprint density at radius 3 is 2.88 bits per heavy atom. The highest BCUT2D eigenvalue weighted by molar-refractivity contribution is 9.10. The number of hydrogen-bond donors (Lipinski definition) is 0. The second-order valence-corrected chi connectivity index (χ2v) is 5.44. The van der Waals surface area contributed by atoms with E-state index < -0.39 is 0 Å². The molecule has 0 fully saturated rings. The van der Waals surface area contributed by atoms with Crippen LogP contribution in [0.1, 0.15) is 15.9 Å². The average molecular weight is 308 g/mol. The van der Waals surface area contributed by atoms with E-state index in [-0.39, 0.29) is 0 Å². The molecule has 4 heteroatoms. The molecule has 0 saturated heterocycles. The van der Waals surface area contributed by atoms with E-state index in [1.807, 2.05) is 37.3 Å². The molecule has 0 saturated carbocycles. The molecule has 0 radical (unpaired) electrons. The molecule has 1 aromatic carbocycles. The number of aldehydes is 1. The van der Waals surface area contributed by atoms with Gasteiger partial charge in [-0.05, 0) is 47.1 Å². The van der Waals surface area contributed by atoms with E-state index in [4.69, 9.17) is 0 Å². The molecule has 0 atom stereocenters. The molecule has 17 heavy (non-hydrogen) atoms. The van der Waals surface area contributed by atoms with Crippen molar-refractivity contribution < 1.29 is 4.79 Å². The number of aryl methyl sites for hydroxylation is 1. The first kappa shape index (κ1) is 12.3. The molecule has 0 spiro atoms. The lowest BCUT2D eigenvalue weighted by atomic mass is 10.2. The minimum Gasteiger partial charge on any atom is -0.298 e. The van der Waals surface area contributed by atoms with Crippen LogP contribution in [0, 0.1) is 6.92 Å². The van der Waals surface area contributed by atoms with Gasteiger partial charge >= 0.3 is 0 Å². The number of halogens is 1. The van der Waals surface area contributed by atoms with Gasteiger partial charge < -0.3 is 0 Å². The van der Waals surface area contributed by atoms with Crippen LogP contribution in [0.2, 0.25) is 0 Å². The molecule has 2 rings (SSSR count). The average Bonchev–Trinajstić information content (AvgIpc) is 2.34. The van der Waals surface area contributed by atoms with Gasteiger partial charge in [0.1, 0.15) is 5.03 Å². The van der Waals surface area contributed by atoms with Crippen molar-refractivity contribution in [3.8, 4) is 0 Å². The number of carbonyl (C=O) groups is 1. The van der Waals surface area contributed by atoms with Gasteiger partial charge in [0.15, 0.2) is 6.29 Å². The Morgan fingerprint density at radius 1 is 1.35 bits per heavy atom. The van der Waals surface area contributed by atoms with Crippen LogP contribution >= 0.6 is 27.7 Å². The number of rotatable bonds is 3. The SMILES string of the molecule is Cc1ccc(Sc2ncccc2Br)c(C=O)c1. The zero-order chi connectivity index (χ0) is 12.3. The van der Waals surface area contributed by atoms with E-state index in [2.05, 4.69) is 20.9 Å². The van der Waals surface area contributed by atoms with Crippen LogP contribution in [0.5, 0.6) is 0 Å². The molecule has 1 heterocycles. The predicted molar refractivity (Wildman–Crippen MR) is 72.6 cm³/mol. The fraction of sp³-hybridized carbons (Fsp3) is 0.0769. The highest BCUT2D eigenvalue weighted by Gasteiger charge is 2.07. The maximum Gasteiger partial charge on any atom is 0.151 e. The fourth-order valence-corrected chi connectivity index (χ4v) is 2.75. The summed E-state index contributed by atoms with van der Waals surface area (Å²) >= 11 is 4.93. The predicted octanol–water partition coefficient (Wildman–Crippen LogP) is 4.12. The van der Waals surface area contributed by atoms with Gasteiger partial charge in [-0.2, -0.15) is 0 Å². The number of benzene rings is 1. The van der Waals surface area contributed by atoms with Crippen molar-refractivity contribution in [2.45, 2.75) is 16.8 Å². The van der Waals surface area contributed by atoms with E-state index in [1.54, 1.807) is 6.20 Å². The highest BCUT2D eigenvalue weighted by atomic mass is 79.9. The molecule has 2 nitrogen and oxygen atoms in total. The van der Waals surface area contributed by atoms with Gasteiger partial charge in [0.2, 0.25) is 0 Å². The summed E-state index contributed by atoms with van der Waals surface area (Å²) < 4.78 is 0.933. The van der Waals surface area contributed by atoms with Crippen LogP contribution in [0.15, 0.2) is 50.9 Å². The summed E-state index contributed by atoms with van der Waals surface area (Å²) in [4.78, 5) is 16.2. The third kappa shape index (κ3) is 2.96. The van der Waals surface area contributed by atoms with E-state index in [0.717, 1.165) is 26.2 Å². The summed E-state index contributed by atoms with van der Waals surface area (Å²) in [5, 5.41) is 0.861. The molecule has 0 amide bonds. The minimum atomic E-state index is 0.701. The van der Waals surface area contributed by atoms with Crippen molar-refractivity contribution in [3.05, 3.63) is 52.1 Å². The Labute approximate surface area is 113 Å². The van der Waals surface area contributed by atoms with Gasteiger partial charge in [-0.1, -0.05) is 23.4 Å². The van der Waals surface area contributed by atoms with Crippen LogP contribution in [0.3, 0.4) is 0 Å². The van der Waals surface area contributed by atoms with Crippen molar-refractivity contribution in [2.24, 2.45) is 0 Å². The number of aromatic nitrogens is 1. The molecule has 86 valence electrons. The molecule has 2 aromatic rings. The summed E-state index contributed by atoms with van der Waals surface area (Å²) in [6.45, 7) is 1.97. The van der Waals surface area contributed by atoms with Crippen LogP contribution < -0.4 is 0 Å². The van der Waals surface area contributed by atoms with E-state index in [9.17, 15) is 4.79 Å². The molecule has 0 aliphatic carbocycles. The second kappa shape index (κ2) is 5.47. The Kier molecular flexibility index (Phi) is 3.97. The molecular formula is C13H10BrNOS. The van der Waals surface area contributed by atoms with E-state index >= 15 is 0 Å². The topological polar surface area (TPSA) is 30.0 Å². The lowest BCUT2D eigenvalue weighted by molar-refractivity contribution is 0.112. The molecule has 0 N–H and O–H groups in total. The summed E-state index contributed by atoms with van der Waals surface area (Å²) in [5.74, 6) is 0. The number of carbonyl (C=O) groups excluding carboxylic acids is 1. The molecular weight excluding hydrogens is 298 g/mol. The quantitative estimate of drug-likeness (QED) is 0.799. The van der Waals surface area contributed by atoms with Crippen LogP contribution in [-0.4, -0.2) is 11.3 Å². The smallest absolute Gasteiger partial charge is 0.151 e. The molecule has 1 aromatic heterocycles. The van der Waals surface area contributed by atoms with Crippen molar-refractivity contribution >= 4 is 34.0 Å². The van der Waals surface area contributed by atoms with Crippen molar-refractivity contribution in [2.75, 3.05) is 0 Å². The standard InChI is InChI=1S/C13H10BrNOS/c1-9-4-5-12(10(7-9)8-16)17-13-11(14)3-2-6-15-13/h2-8H,1H3. The maximum absolute atomic E-state index is 11.0. The summed E-state index contributed by atoms with van der Waals surface area (Å²) in [6.07, 6.45) is 2.62. The molecule has 0 unspecified atom stereocenters. The Bertz CT molecular complexity index is 557. The van der Waals surface area contributed by atoms with Gasteiger partial charge in [0.05, 0.1) is 4.47 Å². The monoisotopic (exact) mass is 307 g/mol. The third-order valence-corrected chi connectivity index (χ3v) is 4.24. The zero-order valence-electron chi connectivity index (χ0n) is 9.18. The number of hydrogen-bond acceptors (Lipinski definition) is 3. The van der Waals surface area contributed by atoms with Crippen LogP contribution in [-0.2, 0) is 0 Å². The summed E-state index contributed by atoms with van der Waals surface area (Å²) in [7, 11) is 0. The van der Waals surface area contributed by atoms with E-state index in [0.29, 0.717) is 5.56 Å². The normalized spacial score (nSPS) is 10.2. The third-order valence-electron chi connectivity index (χ3n) is 2.22. The Morgan fingerprint density at radius 2 is 2.18 bits per heavy atom.